The zero-order valence-corrected chi connectivity index (χ0v) is 18.4. The highest BCUT2D eigenvalue weighted by molar-refractivity contribution is 5.53. The molecular formula is C26H38N2. The lowest BCUT2D eigenvalue weighted by molar-refractivity contribution is 0.346. The summed E-state index contributed by atoms with van der Waals surface area (Å²) in [5.41, 5.74) is 5.87. The molecule has 1 saturated carbocycles. The van der Waals surface area contributed by atoms with E-state index in [0.29, 0.717) is 0 Å². The smallest absolute Gasteiger partial charge is 0.0366 e. The topological polar surface area (TPSA) is 6.48 Å². The zero-order valence-electron chi connectivity index (χ0n) is 18.4. The van der Waals surface area contributed by atoms with Gasteiger partial charge in [0.2, 0.25) is 0 Å². The first-order valence-corrected chi connectivity index (χ1v) is 11.4. The van der Waals surface area contributed by atoms with Crippen molar-refractivity contribution >= 4 is 11.4 Å². The first kappa shape index (κ1) is 20.8. The van der Waals surface area contributed by atoms with Crippen LogP contribution in [0.5, 0.6) is 0 Å². The average molecular weight is 379 g/mol. The average Bonchev–Trinajstić information content (AvgIpc) is 2.77. The predicted molar refractivity (Wildman–Crippen MR) is 124 cm³/mol. The molecule has 28 heavy (non-hydrogen) atoms. The van der Waals surface area contributed by atoms with Crippen LogP contribution in [0.25, 0.3) is 0 Å². The highest BCUT2D eigenvalue weighted by Crippen LogP contribution is 2.45. The molecule has 0 saturated heterocycles. The van der Waals surface area contributed by atoms with Crippen molar-refractivity contribution < 1.29 is 0 Å². The second-order valence-electron chi connectivity index (χ2n) is 8.08. The van der Waals surface area contributed by atoms with Gasteiger partial charge in [-0.05, 0) is 75.9 Å². The van der Waals surface area contributed by atoms with Gasteiger partial charge in [0.1, 0.15) is 0 Å². The molecule has 1 fully saturated rings. The third kappa shape index (κ3) is 4.06. The summed E-state index contributed by atoms with van der Waals surface area (Å²) in [4.78, 5) is 4.85. The normalized spacial score (nSPS) is 16.0. The van der Waals surface area contributed by atoms with E-state index in [1.807, 2.05) is 0 Å². The molecule has 0 spiro atoms. The fourth-order valence-electron chi connectivity index (χ4n) is 5.06. The van der Waals surface area contributed by atoms with Crippen molar-refractivity contribution in [3.8, 4) is 0 Å². The molecule has 0 heterocycles. The summed E-state index contributed by atoms with van der Waals surface area (Å²) in [6, 6.07) is 18.9. The summed E-state index contributed by atoms with van der Waals surface area (Å²) in [5.74, 6) is 0. The maximum Gasteiger partial charge on any atom is 0.0366 e. The van der Waals surface area contributed by atoms with Gasteiger partial charge in [0.25, 0.3) is 0 Å². The van der Waals surface area contributed by atoms with E-state index in [0.717, 1.165) is 26.2 Å². The van der Waals surface area contributed by atoms with Gasteiger partial charge in [0, 0.05) is 43.0 Å². The summed E-state index contributed by atoms with van der Waals surface area (Å²) in [5, 5.41) is 0. The Kier molecular flexibility index (Phi) is 7.04. The Hall–Kier alpha value is -1.96. The number of rotatable bonds is 8. The van der Waals surface area contributed by atoms with Gasteiger partial charge in [-0.3, -0.25) is 0 Å². The van der Waals surface area contributed by atoms with Crippen LogP contribution in [0.1, 0.15) is 70.9 Å². The van der Waals surface area contributed by atoms with Gasteiger partial charge in [-0.15, -0.1) is 0 Å². The van der Waals surface area contributed by atoms with E-state index >= 15 is 0 Å². The fraction of sp³-hybridized carbons (Fsp3) is 0.538. The van der Waals surface area contributed by atoms with Crippen molar-refractivity contribution in [3.05, 3.63) is 59.7 Å². The molecule has 0 atom stereocenters. The van der Waals surface area contributed by atoms with E-state index < -0.39 is 0 Å². The predicted octanol–water partition coefficient (Wildman–Crippen LogP) is 6.63. The molecule has 1 aliphatic rings. The number of hydrogen-bond donors (Lipinski definition) is 0. The molecule has 2 aromatic rings. The Morgan fingerprint density at radius 1 is 0.571 bits per heavy atom. The highest BCUT2D eigenvalue weighted by atomic mass is 15.1. The van der Waals surface area contributed by atoms with Crippen molar-refractivity contribution in [2.24, 2.45) is 0 Å². The Balaban J connectivity index is 1.95. The van der Waals surface area contributed by atoms with E-state index in [2.05, 4.69) is 86.0 Å². The monoisotopic (exact) mass is 378 g/mol. The summed E-state index contributed by atoms with van der Waals surface area (Å²) in [6.07, 6.45) is 6.56. The first-order valence-electron chi connectivity index (χ1n) is 11.4. The molecule has 2 heteroatoms. The minimum absolute atomic E-state index is 0.182. The van der Waals surface area contributed by atoms with Crippen molar-refractivity contribution in [3.63, 3.8) is 0 Å². The van der Waals surface area contributed by atoms with Gasteiger partial charge in [0.15, 0.2) is 0 Å². The Morgan fingerprint density at radius 3 is 1.25 bits per heavy atom. The largest absolute Gasteiger partial charge is 0.372 e. The molecule has 0 aromatic heterocycles. The first-order chi connectivity index (χ1) is 13.7. The summed E-state index contributed by atoms with van der Waals surface area (Å²) >= 11 is 0. The lowest BCUT2D eigenvalue weighted by atomic mass is 9.65. The van der Waals surface area contributed by atoms with Crippen molar-refractivity contribution in [1.82, 2.24) is 0 Å². The maximum absolute atomic E-state index is 2.43. The third-order valence-electron chi connectivity index (χ3n) is 6.80. The van der Waals surface area contributed by atoms with Crippen LogP contribution in [0.2, 0.25) is 0 Å². The van der Waals surface area contributed by atoms with Crippen LogP contribution in [0, 0.1) is 0 Å². The Labute approximate surface area is 172 Å². The molecule has 0 unspecified atom stereocenters. The molecule has 1 aliphatic carbocycles. The van der Waals surface area contributed by atoms with Gasteiger partial charge >= 0.3 is 0 Å². The van der Waals surface area contributed by atoms with Crippen molar-refractivity contribution in [1.29, 1.82) is 0 Å². The van der Waals surface area contributed by atoms with Crippen LogP contribution in [0.4, 0.5) is 11.4 Å². The van der Waals surface area contributed by atoms with E-state index in [-0.39, 0.29) is 5.41 Å². The van der Waals surface area contributed by atoms with E-state index in [1.54, 1.807) is 0 Å². The lowest BCUT2D eigenvalue weighted by Crippen LogP contribution is -2.31. The molecule has 0 aliphatic heterocycles. The van der Waals surface area contributed by atoms with Gasteiger partial charge in [-0.25, -0.2) is 0 Å². The molecule has 0 N–H and O–H groups in total. The standard InChI is InChI=1S/C26H38N2/c1-5-27(6-2)24-16-12-22(13-17-24)26(20-10-9-11-21-26)23-14-18-25(19-15-23)28(7-3)8-4/h12-19H,5-11,20-21H2,1-4H3. The van der Waals surface area contributed by atoms with Gasteiger partial charge < -0.3 is 9.80 Å². The summed E-state index contributed by atoms with van der Waals surface area (Å²) < 4.78 is 0. The van der Waals surface area contributed by atoms with E-state index in [1.165, 1.54) is 54.6 Å². The molecule has 0 amide bonds. The zero-order chi connectivity index (χ0) is 20.0. The van der Waals surface area contributed by atoms with E-state index in [4.69, 9.17) is 0 Å². The van der Waals surface area contributed by atoms with Crippen molar-refractivity contribution in [2.75, 3.05) is 36.0 Å². The molecule has 2 aromatic carbocycles. The Morgan fingerprint density at radius 2 is 0.929 bits per heavy atom. The van der Waals surface area contributed by atoms with Crippen LogP contribution in [0.3, 0.4) is 0 Å². The fourth-order valence-corrected chi connectivity index (χ4v) is 5.06. The van der Waals surface area contributed by atoms with Crippen LogP contribution >= 0.6 is 0 Å². The summed E-state index contributed by atoms with van der Waals surface area (Å²) in [7, 11) is 0. The lowest BCUT2D eigenvalue weighted by Gasteiger charge is -2.39. The number of nitrogens with zero attached hydrogens (tertiary/aromatic N) is 2. The van der Waals surface area contributed by atoms with E-state index in [9.17, 15) is 0 Å². The molecule has 3 rings (SSSR count). The third-order valence-corrected chi connectivity index (χ3v) is 6.80. The maximum atomic E-state index is 2.43. The quantitative estimate of drug-likeness (QED) is 0.508. The van der Waals surface area contributed by atoms with Gasteiger partial charge in [0.05, 0.1) is 0 Å². The van der Waals surface area contributed by atoms with Crippen LogP contribution in [0.15, 0.2) is 48.5 Å². The molecule has 2 nitrogen and oxygen atoms in total. The van der Waals surface area contributed by atoms with Crippen molar-refractivity contribution in [2.45, 2.75) is 65.2 Å². The molecule has 0 bridgehead atoms. The second kappa shape index (κ2) is 9.49. The number of benzene rings is 2. The van der Waals surface area contributed by atoms with Crippen LogP contribution < -0.4 is 9.80 Å². The molecule has 152 valence electrons. The molecular weight excluding hydrogens is 340 g/mol. The second-order valence-corrected chi connectivity index (χ2v) is 8.08. The highest BCUT2D eigenvalue weighted by Gasteiger charge is 2.35. The Bertz CT molecular complexity index is 646. The SMILES string of the molecule is CCN(CC)c1ccc(C2(c3ccc(N(CC)CC)cc3)CCCCC2)cc1. The summed E-state index contributed by atoms with van der Waals surface area (Å²) in [6.45, 7) is 13.2. The number of anilines is 2. The number of hydrogen-bond acceptors (Lipinski definition) is 2. The minimum Gasteiger partial charge on any atom is -0.372 e. The molecule has 0 radical (unpaired) electrons. The van der Waals surface area contributed by atoms with Gasteiger partial charge in [-0.2, -0.15) is 0 Å². The van der Waals surface area contributed by atoms with Crippen LogP contribution in [-0.2, 0) is 5.41 Å². The van der Waals surface area contributed by atoms with Crippen LogP contribution in [-0.4, -0.2) is 26.2 Å². The van der Waals surface area contributed by atoms with Gasteiger partial charge in [-0.1, -0.05) is 43.5 Å². The minimum atomic E-state index is 0.182.